The Hall–Kier alpha value is -4.55. The third-order valence-electron chi connectivity index (χ3n) is 6.16. The number of H-pyrrole nitrogens is 1. The van der Waals surface area contributed by atoms with Crippen LogP contribution in [0.25, 0.3) is 22.4 Å². The Morgan fingerprint density at radius 3 is 2.56 bits per heavy atom. The Morgan fingerprint density at radius 2 is 1.90 bits per heavy atom. The summed E-state index contributed by atoms with van der Waals surface area (Å²) in [5.41, 5.74) is 1.20. The Bertz CT molecular complexity index is 1650. The van der Waals surface area contributed by atoms with Gasteiger partial charge in [0.1, 0.15) is 11.4 Å². The van der Waals surface area contributed by atoms with Crippen LogP contribution in [0.2, 0.25) is 0 Å². The van der Waals surface area contributed by atoms with E-state index in [0.717, 1.165) is 11.1 Å². The SMILES string of the molecule is CC(C)n1[nH]c(=O)c2ccc(Nc3ncc(-c4nnc(C(C)(C)O)o4)c(N[C@H](CO)c4ccccc4)n3)cc21. The monoisotopic (exact) mass is 530 g/mol. The molecule has 0 amide bonds. The van der Waals surface area contributed by atoms with Gasteiger partial charge >= 0.3 is 0 Å². The summed E-state index contributed by atoms with van der Waals surface area (Å²) in [6.45, 7) is 6.86. The van der Waals surface area contributed by atoms with Gasteiger partial charge in [-0.3, -0.25) is 14.6 Å². The predicted molar refractivity (Wildman–Crippen MR) is 147 cm³/mol. The van der Waals surface area contributed by atoms with Crippen molar-refractivity contribution in [2.75, 3.05) is 17.2 Å². The van der Waals surface area contributed by atoms with Gasteiger partial charge in [-0.1, -0.05) is 30.3 Å². The van der Waals surface area contributed by atoms with Crippen molar-refractivity contribution in [1.82, 2.24) is 29.9 Å². The Morgan fingerprint density at radius 1 is 1.13 bits per heavy atom. The number of anilines is 3. The highest BCUT2D eigenvalue weighted by Crippen LogP contribution is 2.31. The largest absolute Gasteiger partial charge is 0.417 e. The zero-order valence-electron chi connectivity index (χ0n) is 22.0. The average molecular weight is 531 g/mol. The molecule has 3 heterocycles. The molecule has 1 atom stereocenters. The molecule has 0 radical (unpaired) electrons. The van der Waals surface area contributed by atoms with Gasteiger partial charge < -0.3 is 25.3 Å². The lowest BCUT2D eigenvalue weighted by molar-refractivity contribution is 0.0488. The van der Waals surface area contributed by atoms with E-state index in [1.165, 1.54) is 6.20 Å². The molecule has 0 unspecified atom stereocenters. The molecule has 0 aliphatic carbocycles. The van der Waals surface area contributed by atoms with Gasteiger partial charge in [-0.05, 0) is 51.5 Å². The molecular formula is C27H30N8O4. The quantitative estimate of drug-likeness (QED) is 0.189. The van der Waals surface area contributed by atoms with Crippen LogP contribution in [0.5, 0.6) is 0 Å². The molecule has 3 aromatic heterocycles. The molecular weight excluding hydrogens is 500 g/mol. The second kappa shape index (κ2) is 10.3. The Labute approximate surface area is 223 Å². The average Bonchev–Trinajstić information content (AvgIpc) is 3.53. The fourth-order valence-corrected chi connectivity index (χ4v) is 4.14. The van der Waals surface area contributed by atoms with Crippen LogP contribution in [0.4, 0.5) is 17.5 Å². The number of hydrogen-bond donors (Lipinski definition) is 5. The molecule has 5 N–H and O–H groups in total. The zero-order chi connectivity index (χ0) is 27.7. The first-order valence-corrected chi connectivity index (χ1v) is 12.5. The van der Waals surface area contributed by atoms with Gasteiger partial charge in [0.2, 0.25) is 11.8 Å². The summed E-state index contributed by atoms with van der Waals surface area (Å²) in [4.78, 5) is 21.4. The van der Waals surface area contributed by atoms with E-state index in [1.54, 1.807) is 30.7 Å². The van der Waals surface area contributed by atoms with E-state index in [4.69, 9.17) is 4.42 Å². The minimum atomic E-state index is -1.33. The highest BCUT2D eigenvalue weighted by molar-refractivity contribution is 5.83. The molecule has 39 heavy (non-hydrogen) atoms. The van der Waals surface area contributed by atoms with Gasteiger partial charge in [-0.2, -0.15) is 4.98 Å². The fraction of sp³-hybridized carbons (Fsp3) is 0.296. The van der Waals surface area contributed by atoms with Gasteiger partial charge in [0.15, 0.2) is 0 Å². The number of rotatable bonds is 9. The molecule has 0 fully saturated rings. The summed E-state index contributed by atoms with van der Waals surface area (Å²) >= 11 is 0. The molecule has 12 heteroatoms. The van der Waals surface area contributed by atoms with Crippen molar-refractivity contribution in [3.05, 3.63) is 76.5 Å². The third-order valence-corrected chi connectivity index (χ3v) is 6.16. The Kier molecular flexibility index (Phi) is 6.89. The number of benzene rings is 2. The minimum absolute atomic E-state index is 0.0448. The highest BCUT2D eigenvalue weighted by atomic mass is 16.4. The van der Waals surface area contributed by atoms with Crippen molar-refractivity contribution in [1.29, 1.82) is 0 Å². The third kappa shape index (κ3) is 5.38. The normalized spacial score (nSPS) is 12.7. The van der Waals surface area contributed by atoms with Crippen molar-refractivity contribution >= 4 is 28.4 Å². The second-order valence-corrected chi connectivity index (χ2v) is 9.98. The van der Waals surface area contributed by atoms with Crippen molar-refractivity contribution in [2.45, 2.75) is 45.4 Å². The predicted octanol–water partition coefficient (Wildman–Crippen LogP) is 3.87. The number of hydrogen-bond acceptors (Lipinski definition) is 10. The number of aliphatic hydroxyl groups is 2. The molecule has 0 saturated carbocycles. The molecule has 12 nitrogen and oxygen atoms in total. The summed E-state index contributed by atoms with van der Waals surface area (Å²) in [7, 11) is 0. The maximum atomic E-state index is 12.3. The van der Waals surface area contributed by atoms with Crippen molar-refractivity contribution in [2.24, 2.45) is 0 Å². The number of fused-ring (bicyclic) bond motifs is 1. The first kappa shape index (κ1) is 26.1. The summed E-state index contributed by atoms with van der Waals surface area (Å²) in [6, 6.07) is 14.4. The van der Waals surface area contributed by atoms with Crippen molar-refractivity contribution in [3.8, 4) is 11.5 Å². The smallest absolute Gasteiger partial charge is 0.271 e. The Balaban J connectivity index is 1.54. The van der Waals surface area contributed by atoms with E-state index in [2.05, 4.69) is 35.9 Å². The molecule has 0 aliphatic rings. The summed E-state index contributed by atoms with van der Waals surface area (Å²) in [5, 5.41) is 38.4. The highest BCUT2D eigenvalue weighted by Gasteiger charge is 2.26. The van der Waals surface area contributed by atoms with E-state index in [1.807, 2.05) is 50.2 Å². The first-order valence-electron chi connectivity index (χ1n) is 12.5. The number of aromatic nitrogens is 6. The molecule has 0 saturated heterocycles. The van der Waals surface area contributed by atoms with Crippen LogP contribution in [0, 0.1) is 0 Å². The number of aromatic amines is 1. The van der Waals surface area contributed by atoms with Crippen LogP contribution in [0.1, 0.15) is 51.2 Å². The molecule has 202 valence electrons. The summed E-state index contributed by atoms with van der Waals surface area (Å²) in [5.74, 6) is 0.758. The number of nitrogens with one attached hydrogen (secondary N) is 3. The number of aliphatic hydroxyl groups excluding tert-OH is 1. The van der Waals surface area contributed by atoms with Crippen LogP contribution in [-0.2, 0) is 5.60 Å². The molecule has 2 aromatic carbocycles. The lowest BCUT2D eigenvalue weighted by atomic mass is 10.1. The molecule has 5 rings (SSSR count). The lowest BCUT2D eigenvalue weighted by Crippen LogP contribution is -2.17. The van der Waals surface area contributed by atoms with Gasteiger partial charge in [0.05, 0.1) is 29.1 Å². The number of nitrogens with zero attached hydrogens (tertiary/aromatic N) is 5. The topological polar surface area (TPSA) is 167 Å². The van der Waals surface area contributed by atoms with Crippen LogP contribution in [0.15, 0.2) is 63.9 Å². The second-order valence-electron chi connectivity index (χ2n) is 9.98. The van der Waals surface area contributed by atoms with E-state index in [-0.39, 0.29) is 35.9 Å². The van der Waals surface area contributed by atoms with Gasteiger partial charge in [-0.15, -0.1) is 10.2 Å². The zero-order valence-corrected chi connectivity index (χ0v) is 22.0. The van der Waals surface area contributed by atoms with Crippen molar-refractivity contribution < 1.29 is 14.6 Å². The van der Waals surface area contributed by atoms with E-state index >= 15 is 0 Å². The van der Waals surface area contributed by atoms with E-state index in [9.17, 15) is 15.0 Å². The van der Waals surface area contributed by atoms with Gasteiger partial charge in [0.25, 0.3) is 11.4 Å². The molecule has 0 spiro atoms. The summed E-state index contributed by atoms with van der Waals surface area (Å²) < 4.78 is 7.54. The van der Waals surface area contributed by atoms with Crippen LogP contribution in [-0.4, -0.2) is 46.8 Å². The first-order chi connectivity index (χ1) is 18.6. The molecule has 5 aromatic rings. The minimum Gasteiger partial charge on any atom is -0.417 e. The lowest BCUT2D eigenvalue weighted by Gasteiger charge is -2.19. The molecule has 0 bridgehead atoms. The van der Waals surface area contributed by atoms with Crippen LogP contribution >= 0.6 is 0 Å². The van der Waals surface area contributed by atoms with Gasteiger partial charge in [0, 0.05) is 17.9 Å². The maximum absolute atomic E-state index is 12.3. The van der Waals surface area contributed by atoms with Crippen molar-refractivity contribution in [3.63, 3.8) is 0 Å². The van der Waals surface area contributed by atoms with Crippen LogP contribution < -0.4 is 16.2 Å². The van der Waals surface area contributed by atoms with E-state index < -0.39 is 11.6 Å². The fourth-order valence-electron chi connectivity index (χ4n) is 4.14. The molecule has 0 aliphatic heterocycles. The van der Waals surface area contributed by atoms with E-state index in [0.29, 0.717) is 22.5 Å². The van der Waals surface area contributed by atoms with Gasteiger partial charge in [-0.25, -0.2) is 4.98 Å². The summed E-state index contributed by atoms with van der Waals surface area (Å²) in [6.07, 6.45) is 1.53. The standard InChI is InChI=1S/C27H30N8O4/c1-15(2)35-21-12-17(10-11-18(21)23(37)34-35)29-26-28-13-19(24-32-33-25(39-24)27(3,4)38)22(31-26)30-20(14-36)16-8-6-5-7-9-16/h5-13,15,20,36,38H,14H2,1-4H3,(H,34,37)(H2,28,29,30,31)/t20-/m1/s1. The van der Waals surface area contributed by atoms with Crippen LogP contribution in [0.3, 0.4) is 0 Å². The maximum Gasteiger partial charge on any atom is 0.271 e.